The minimum atomic E-state index is -0.211. The van der Waals surface area contributed by atoms with Crippen LogP contribution in [0.5, 0.6) is 0 Å². The summed E-state index contributed by atoms with van der Waals surface area (Å²) in [5.74, 6) is -0.282. The molecule has 86 valence electrons. The number of carbonyl (C=O) groups excluding carboxylic acids is 2. The molecular formula is C10H17N2NaO3. The van der Waals surface area contributed by atoms with E-state index in [2.05, 4.69) is 4.74 Å². The molecule has 0 aromatic heterocycles. The summed E-state index contributed by atoms with van der Waals surface area (Å²) in [6, 6.07) is 3.47. The molecule has 0 amide bonds. The largest absolute Gasteiger partial charge is 1.00 e. The van der Waals surface area contributed by atoms with Crippen molar-refractivity contribution in [1.82, 2.24) is 0 Å². The first-order valence-electron chi connectivity index (χ1n) is 4.26. The number of ketones is 1. The summed E-state index contributed by atoms with van der Waals surface area (Å²) < 4.78 is 4.40. The summed E-state index contributed by atoms with van der Waals surface area (Å²) in [6.07, 6.45) is 0.0417. The Morgan fingerprint density at radius 2 is 1.69 bits per heavy atom. The van der Waals surface area contributed by atoms with E-state index in [0.29, 0.717) is 6.61 Å². The number of nitrogens with zero attached hydrogens (tertiary/aromatic N) is 2. The Bertz CT molecular complexity index is 259. The zero-order valence-electron chi connectivity index (χ0n) is 11.5. The third kappa shape index (κ3) is 73.5. The summed E-state index contributed by atoms with van der Waals surface area (Å²) >= 11 is 0. The first-order valence-corrected chi connectivity index (χ1v) is 4.26. The van der Waals surface area contributed by atoms with Crippen molar-refractivity contribution in [2.75, 3.05) is 6.61 Å². The van der Waals surface area contributed by atoms with Crippen molar-refractivity contribution in [3.63, 3.8) is 0 Å². The van der Waals surface area contributed by atoms with Gasteiger partial charge in [0, 0.05) is 13.8 Å². The van der Waals surface area contributed by atoms with Crippen LogP contribution in [0, 0.1) is 22.7 Å². The summed E-state index contributed by atoms with van der Waals surface area (Å²) in [6.45, 7) is 6.48. The molecule has 0 spiro atoms. The van der Waals surface area contributed by atoms with E-state index in [0.717, 1.165) is 0 Å². The summed E-state index contributed by atoms with van der Waals surface area (Å²) in [7, 11) is 0. The second kappa shape index (κ2) is 23.7. The summed E-state index contributed by atoms with van der Waals surface area (Å²) in [5.41, 5.74) is 0. The Labute approximate surface area is 120 Å². The minimum absolute atomic E-state index is 0. The van der Waals surface area contributed by atoms with Crippen LogP contribution in [0.2, 0.25) is 0 Å². The average Bonchev–Trinajstić information content (AvgIpc) is 2.05. The van der Waals surface area contributed by atoms with Crippen molar-refractivity contribution in [3.8, 4) is 12.1 Å². The van der Waals surface area contributed by atoms with Gasteiger partial charge >= 0.3 is 35.5 Å². The van der Waals surface area contributed by atoms with Gasteiger partial charge in [0.15, 0.2) is 0 Å². The number of nitriles is 2. The molecule has 0 radical (unpaired) electrons. The van der Waals surface area contributed by atoms with E-state index < -0.39 is 0 Å². The number of carbonyl (C=O) groups is 2. The molecule has 0 atom stereocenters. The van der Waals surface area contributed by atoms with Crippen LogP contribution in [-0.4, -0.2) is 18.4 Å². The number of esters is 1. The summed E-state index contributed by atoms with van der Waals surface area (Å²) in [5, 5.41) is 15.1. The van der Waals surface area contributed by atoms with Crippen molar-refractivity contribution in [2.45, 2.75) is 34.1 Å². The smallest absolute Gasteiger partial charge is 1.00 e. The topological polar surface area (TPSA) is 91.0 Å². The van der Waals surface area contributed by atoms with E-state index in [1.54, 1.807) is 19.1 Å². The maximum absolute atomic E-state index is 9.82. The van der Waals surface area contributed by atoms with Gasteiger partial charge < -0.3 is 6.16 Å². The number of hydrogen-bond acceptors (Lipinski definition) is 5. The molecule has 0 aromatic rings. The number of Topliss-reactive ketones (excluding diaryl/α,β-unsaturated/α-hetero) is 1. The molecule has 0 aliphatic heterocycles. The van der Waals surface area contributed by atoms with Gasteiger partial charge in [-0.15, -0.1) is 0 Å². The van der Waals surface area contributed by atoms with E-state index in [1.165, 1.54) is 20.8 Å². The van der Waals surface area contributed by atoms with E-state index >= 15 is 0 Å². The summed E-state index contributed by atoms with van der Waals surface area (Å²) in [4.78, 5) is 19.6. The van der Waals surface area contributed by atoms with Gasteiger partial charge in [-0.3, -0.25) is 9.59 Å². The van der Waals surface area contributed by atoms with Crippen molar-refractivity contribution < 1.29 is 45.3 Å². The SMILES string of the molecule is CC#N.CC(=O)CC#N.CCOC(C)=O.[H-].[Na+]. The van der Waals surface area contributed by atoms with Crippen molar-refractivity contribution in [2.24, 2.45) is 0 Å². The van der Waals surface area contributed by atoms with Crippen molar-refractivity contribution in [1.29, 1.82) is 10.5 Å². The number of rotatable bonds is 2. The third-order valence-corrected chi connectivity index (χ3v) is 0.676. The Hall–Kier alpha value is -0.880. The molecule has 5 nitrogen and oxygen atoms in total. The van der Waals surface area contributed by atoms with E-state index in [4.69, 9.17) is 10.5 Å². The quantitative estimate of drug-likeness (QED) is 0.439. The van der Waals surface area contributed by atoms with Crippen molar-refractivity contribution in [3.05, 3.63) is 0 Å². The fourth-order valence-corrected chi connectivity index (χ4v) is 0.315. The van der Waals surface area contributed by atoms with Gasteiger partial charge in [0.2, 0.25) is 0 Å². The van der Waals surface area contributed by atoms with Gasteiger partial charge in [-0.1, -0.05) is 0 Å². The molecule has 0 saturated carbocycles. The van der Waals surface area contributed by atoms with Crippen LogP contribution < -0.4 is 29.6 Å². The normalized spacial score (nSPS) is 5.88. The maximum atomic E-state index is 9.82. The van der Waals surface area contributed by atoms with Crippen LogP contribution in [0.1, 0.15) is 35.5 Å². The predicted molar refractivity (Wildman–Crippen MR) is 55.6 cm³/mol. The molecule has 0 unspecified atom stereocenters. The molecule has 0 N–H and O–H groups in total. The first-order chi connectivity index (χ1) is 6.95. The zero-order chi connectivity index (χ0) is 12.7. The third-order valence-electron chi connectivity index (χ3n) is 0.676. The number of hydrogen-bond donors (Lipinski definition) is 0. The molecule has 0 rings (SSSR count). The van der Waals surface area contributed by atoms with Gasteiger partial charge in [0.1, 0.15) is 5.78 Å². The van der Waals surface area contributed by atoms with E-state index in [-0.39, 0.29) is 49.2 Å². The van der Waals surface area contributed by atoms with Gasteiger partial charge in [0.05, 0.1) is 25.2 Å². The molecule has 0 aromatic carbocycles. The molecule has 0 saturated heterocycles. The molecule has 0 aliphatic rings. The van der Waals surface area contributed by atoms with Gasteiger partial charge in [-0.2, -0.15) is 10.5 Å². The fraction of sp³-hybridized carbons (Fsp3) is 0.600. The minimum Gasteiger partial charge on any atom is -1.00 e. The van der Waals surface area contributed by atoms with Crippen LogP contribution in [-0.2, 0) is 14.3 Å². The second-order valence-electron chi connectivity index (χ2n) is 2.19. The Balaban J connectivity index is -0.0000000421. The molecule has 0 fully saturated rings. The van der Waals surface area contributed by atoms with E-state index in [9.17, 15) is 9.59 Å². The Morgan fingerprint density at radius 1 is 1.31 bits per heavy atom. The van der Waals surface area contributed by atoms with Crippen LogP contribution in [0.4, 0.5) is 0 Å². The standard InChI is InChI=1S/C4H5NO.C4H8O2.C2H3N.Na.H/c1-4(6)2-3-5;1-3-6-4(2)5;1-2-3;;/h2H2,1H3;3H2,1-2H3;1H3;;/q;;;+1;-1. The first kappa shape index (κ1) is 24.4. The van der Waals surface area contributed by atoms with E-state index in [1.807, 2.05) is 0 Å². The van der Waals surface area contributed by atoms with Crippen LogP contribution in [0.25, 0.3) is 0 Å². The predicted octanol–water partition coefficient (Wildman–Crippen LogP) is -1.30. The van der Waals surface area contributed by atoms with Crippen LogP contribution >= 0.6 is 0 Å². The average molecular weight is 236 g/mol. The zero-order valence-corrected chi connectivity index (χ0v) is 12.5. The number of ether oxygens (including phenoxy) is 1. The monoisotopic (exact) mass is 236 g/mol. The molecular weight excluding hydrogens is 219 g/mol. The Kier molecular flexibility index (Phi) is 36.2. The molecule has 6 heteroatoms. The maximum Gasteiger partial charge on any atom is 1.00 e. The Morgan fingerprint density at radius 3 is 1.69 bits per heavy atom. The van der Waals surface area contributed by atoms with Gasteiger partial charge in [0.25, 0.3) is 0 Å². The van der Waals surface area contributed by atoms with Crippen molar-refractivity contribution >= 4 is 11.8 Å². The molecule has 0 heterocycles. The van der Waals surface area contributed by atoms with Crippen LogP contribution in [0.3, 0.4) is 0 Å². The van der Waals surface area contributed by atoms with Gasteiger partial charge in [-0.05, 0) is 13.8 Å². The molecule has 0 aliphatic carbocycles. The molecule has 0 bridgehead atoms. The van der Waals surface area contributed by atoms with Crippen LogP contribution in [0.15, 0.2) is 0 Å². The molecule has 16 heavy (non-hydrogen) atoms. The van der Waals surface area contributed by atoms with Gasteiger partial charge in [-0.25, -0.2) is 0 Å². The fourth-order valence-electron chi connectivity index (χ4n) is 0.315. The second-order valence-corrected chi connectivity index (χ2v) is 2.19.